The number of carbonyl (C=O) groups is 1. The fourth-order valence-electron chi connectivity index (χ4n) is 2.80. The van der Waals surface area contributed by atoms with Crippen molar-refractivity contribution in [1.29, 1.82) is 0 Å². The van der Waals surface area contributed by atoms with E-state index in [1.807, 2.05) is 45.0 Å². The zero-order valence-electron chi connectivity index (χ0n) is 16.1. The highest BCUT2D eigenvalue weighted by atomic mass is 16.3. The molecule has 142 valence electrons. The Kier molecular flexibility index (Phi) is 7.17. The molecule has 0 spiro atoms. The lowest BCUT2D eigenvalue weighted by Gasteiger charge is -2.18. The fourth-order valence-corrected chi connectivity index (χ4v) is 2.80. The first-order chi connectivity index (χ1) is 13.0. The number of phenolic OH excluding ortho intramolecular Hbond substituents is 1. The maximum atomic E-state index is 12.4. The van der Waals surface area contributed by atoms with Crippen molar-refractivity contribution in [3.05, 3.63) is 71.3 Å². The molecule has 2 aromatic carbocycles. The molecular weight excluding hydrogens is 338 g/mol. The van der Waals surface area contributed by atoms with Gasteiger partial charge in [0.15, 0.2) is 0 Å². The number of benzene rings is 2. The molecule has 0 unspecified atom stereocenters. The number of nitrogens with zero attached hydrogens (tertiary/aromatic N) is 1. The van der Waals surface area contributed by atoms with E-state index >= 15 is 0 Å². The highest BCUT2D eigenvalue weighted by Crippen LogP contribution is 2.21. The van der Waals surface area contributed by atoms with Crippen LogP contribution in [0.2, 0.25) is 0 Å². The number of allylic oxidation sites excluding steroid dienone is 1. The molecule has 1 atom stereocenters. The van der Waals surface area contributed by atoms with Crippen molar-refractivity contribution in [2.75, 3.05) is 5.32 Å². The van der Waals surface area contributed by atoms with Crippen LogP contribution in [0, 0.1) is 13.8 Å². The van der Waals surface area contributed by atoms with Gasteiger partial charge in [-0.25, -0.2) is 5.43 Å². The number of nitrogens with one attached hydrogen (secondary N) is 2. The fraction of sp³-hybridized carbons (Fsp3) is 0.273. The molecule has 0 aliphatic rings. The van der Waals surface area contributed by atoms with Crippen LogP contribution in [-0.2, 0) is 11.2 Å². The van der Waals surface area contributed by atoms with E-state index in [1.54, 1.807) is 12.1 Å². The van der Waals surface area contributed by atoms with Gasteiger partial charge in [0.1, 0.15) is 11.8 Å². The second-order valence-corrected chi connectivity index (χ2v) is 6.51. The maximum absolute atomic E-state index is 12.4. The van der Waals surface area contributed by atoms with Crippen molar-refractivity contribution in [1.82, 2.24) is 5.43 Å². The summed E-state index contributed by atoms with van der Waals surface area (Å²) in [4.78, 5) is 12.4. The van der Waals surface area contributed by atoms with Crippen LogP contribution in [0.25, 0.3) is 0 Å². The summed E-state index contributed by atoms with van der Waals surface area (Å²) in [6.45, 7) is 9.66. The molecule has 1 amide bonds. The molecule has 0 saturated heterocycles. The minimum Gasteiger partial charge on any atom is -0.507 e. The van der Waals surface area contributed by atoms with Crippen molar-refractivity contribution in [2.24, 2.45) is 5.10 Å². The van der Waals surface area contributed by atoms with Crippen LogP contribution in [0.3, 0.4) is 0 Å². The second-order valence-electron chi connectivity index (χ2n) is 6.51. The molecule has 2 rings (SSSR count). The lowest BCUT2D eigenvalue weighted by molar-refractivity contribution is -0.121. The molecule has 5 heteroatoms. The van der Waals surface area contributed by atoms with Gasteiger partial charge < -0.3 is 10.4 Å². The lowest BCUT2D eigenvalue weighted by Crippen LogP contribution is -2.37. The molecule has 0 radical (unpaired) electrons. The van der Waals surface area contributed by atoms with Crippen molar-refractivity contribution in [2.45, 2.75) is 39.7 Å². The molecular formula is C22H27N3O2. The highest BCUT2D eigenvalue weighted by Gasteiger charge is 2.16. The summed E-state index contributed by atoms with van der Waals surface area (Å²) >= 11 is 0. The molecule has 2 aromatic rings. The number of hydrazone groups is 1. The van der Waals surface area contributed by atoms with Crippen molar-refractivity contribution >= 4 is 17.8 Å². The first-order valence-corrected chi connectivity index (χ1v) is 9.04. The number of amides is 1. The largest absolute Gasteiger partial charge is 0.507 e. The van der Waals surface area contributed by atoms with Gasteiger partial charge in [0.2, 0.25) is 0 Å². The molecule has 0 aromatic heterocycles. The number of aromatic hydroxyl groups is 1. The van der Waals surface area contributed by atoms with Crippen LogP contribution in [0.5, 0.6) is 5.75 Å². The van der Waals surface area contributed by atoms with Gasteiger partial charge in [0.05, 0.1) is 6.21 Å². The lowest BCUT2D eigenvalue weighted by atomic mass is 10.1. The smallest absolute Gasteiger partial charge is 0.262 e. The third-order valence-electron chi connectivity index (χ3n) is 4.33. The van der Waals surface area contributed by atoms with Gasteiger partial charge >= 0.3 is 0 Å². The minimum atomic E-state index is -0.399. The van der Waals surface area contributed by atoms with Gasteiger partial charge in [-0.1, -0.05) is 42.8 Å². The van der Waals surface area contributed by atoms with Crippen LogP contribution in [-0.4, -0.2) is 23.3 Å². The Balaban J connectivity index is 2.03. The summed E-state index contributed by atoms with van der Waals surface area (Å²) in [6.07, 6.45) is 4.36. The number of para-hydroxylation sites is 1. The van der Waals surface area contributed by atoms with E-state index < -0.39 is 6.04 Å². The minimum absolute atomic E-state index is 0.149. The highest BCUT2D eigenvalue weighted by molar-refractivity contribution is 5.88. The predicted molar refractivity (Wildman–Crippen MR) is 111 cm³/mol. The molecule has 0 saturated carbocycles. The van der Waals surface area contributed by atoms with Gasteiger partial charge in [-0.05, 0) is 49.9 Å². The van der Waals surface area contributed by atoms with Crippen LogP contribution in [0.4, 0.5) is 5.69 Å². The van der Waals surface area contributed by atoms with E-state index in [0.29, 0.717) is 18.4 Å². The third kappa shape index (κ3) is 5.45. The Hall–Kier alpha value is -3.08. The van der Waals surface area contributed by atoms with E-state index in [9.17, 15) is 9.90 Å². The quantitative estimate of drug-likeness (QED) is 0.375. The molecule has 0 aliphatic carbocycles. The Morgan fingerprint density at radius 3 is 2.74 bits per heavy atom. The van der Waals surface area contributed by atoms with E-state index in [0.717, 1.165) is 16.8 Å². The number of carbonyl (C=O) groups excluding carboxylic acids is 1. The van der Waals surface area contributed by atoms with Gasteiger partial charge in [-0.2, -0.15) is 5.10 Å². The van der Waals surface area contributed by atoms with Crippen LogP contribution >= 0.6 is 0 Å². The number of rotatable bonds is 8. The molecule has 0 fully saturated rings. The zero-order chi connectivity index (χ0) is 19.8. The Morgan fingerprint density at radius 2 is 2.07 bits per heavy atom. The Bertz CT molecular complexity index is 843. The average Bonchev–Trinajstić information content (AvgIpc) is 2.64. The molecule has 0 bridgehead atoms. The van der Waals surface area contributed by atoms with Gasteiger partial charge in [0, 0.05) is 11.3 Å². The summed E-state index contributed by atoms with van der Waals surface area (Å²) in [7, 11) is 0. The van der Waals surface area contributed by atoms with Crippen LogP contribution in [0.1, 0.15) is 35.6 Å². The summed E-state index contributed by atoms with van der Waals surface area (Å²) in [5.74, 6) is -0.0775. The third-order valence-corrected chi connectivity index (χ3v) is 4.33. The van der Waals surface area contributed by atoms with E-state index in [1.165, 1.54) is 11.8 Å². The standard InChI is InChI=1S/C22H27N3O2/c1-5-8-17-9-7-10-18(21(17)26)14-23-25-22(27)19(6-2)24-20-12-11-15(3)13-16(20)4/h5,7,9-14,19,24,26H,1,6,8H2,2-4H3,(H,25,27)/b23-14+/t19-/m0/s1. The number of hydrogen-bond donors (Lipinski definition) is 3. The van der Waals surface area contributed by atoms with Crippen LogP contribution in [0.15, 0.2) is 54.2 Å². The number of aryl methyl sites for hydroxylation is 2. The normalized spacial score (nSPS) is 12.0. The average molecular weight is 365 g/mol. The monoisotopic (exact) mass is 365 g/mol. The molecule has 5 nitrogen and oxygen atoms in total. The Labute approximate surface area is 160 Å². The first kappa shape index (κ1) is 20.2. The molecule has 3 N–H and O–H groups in total. The van der Waals surface area contributed by atoms with E-state index in [-0.39, 0.29) is 11.7 Å². The first-order valence-electron chi connectivity index (χ1n) is 9.04. The van der Waals surface area contributed by atoms with Crippen LogP contribution < -0.4 is 10.7 Å². The molecule has 0 heterocycles. The van der Waals surface area contributed by atoms with E-state index in [2.05, 4.69) is 28.5 Å². The van der Waals surface area contributed by atoms with Gasteiger partial charge in [-0.3, -0.25) is 4.79 Å². The SMILES string of the molecule is C=CCc1cccc(/C=N/NC(=O)[C@H](CC)Nc2ccc(C)cc2C)c1O. The number of hydrogen-bond acceptors (Lipinski definition) is 4. The summed E-state index contributed by atoms with van der Waals surface area (Å²) in [5, 5.41) is 17.5. The second kappa shape index (κ2) is 9.57. The molecule has 0 aliphatic heterocycles. The topological polar surface area (TPSA) is 73.7 Å². The van der Waals surface area contributed by atoms with E-state index in [4.69, 9.17) is 0 Å². The van der Waals surface area contributed by atoms with Crippen molar-refractivity contribution in [3.63, 3.8) is 0 Å². The Morgan fingerprint density at radius 1 is 1.30 bits per heavy atom. The number of phenols is 1. The molecule has 27 heavy (non-hydrogen) atoms. The maximum Gasteiger partial charge on any atom is 0.262 e. The summed E-state index contributed by atoms with van der Waals surface area (Å²) in [6, 6.07) is 11.1. The zero-order valence-corrected chi connectivity index (χ0v) is 16.1. The van der Waals surface area contributed by atoms with Gasteiger partial charge in [-0.15, -0.1) is 6.58 Å². The number of anilines is 1. The summed E-state index contributed by atoms with van der Waals surface area (Å²) < 4.78 is 0. The predicted octanol–water partition coefficient (Wildman–Crippen LogP) is 4.08. The van der Waals surface area contributed by atoms with Crippen molar-refractivity contribution in [3.8, 4) is 5.75 Å². The van der Waals surface area contributed by atoms with Crippen molar-refractivity contribution < 1.29 is 9.90 Å². The van der Waals surface area contributed by atoms with Gasteiger partial charge in [0.25, 0.3) is 5.91 Å². The summed E-state index contributed by atoms with van der Waals surface area (Å²) in [5.41, 5.74) is 7.06.